The highest BCUT2D eigenvalue weighted by Crippen LogP contribution is 2.02. The molecule has 1 amide bonds. The molecule has 52 valence electrons. The van der Waals surface area contributed by atoms with Crippen molar-refractivity contribution in [2.75, 3.05) is 0 Å². The van der Waals surface area contributed by atoms with E-state index in [1.807, 2.05) is 0 Å². The average molecular weight is 131 g/mol. The molecular formula is C5H9NO3. The van der Waals surface area contributed by atoms with Crippen molar-refractivity contribution in [3.05, 3.63) is 0 Å². The van der Waals surface area contributed by atoms with Crippen LogP contribution >= 0.6 is 0 Å². The fourth-order valence-corrected chi connectivity index (χ4v) is 0.283. The maximum atomic E-state index is 10.0. The molecule has 4 nitrogen and oxygen atoms in total. The van der Waals surface area contributed by atoms with E-state index in [2.05, 4.69) is 10.5 Å². The van der Waals surface area contributed by atoms with Crippen LogP contribution in [0.15, 0.2) is 0 Å². The molecular weight excluding hydrogens is 122 g/mol. The summed E-state index contributed by atoms with van der Waals surface area (Å²) in [7, 11) is 0. The van der Waals surface area contributed by atoms with Gasteiger partial charge in [-0.2, -0.15) is 0 Å². The Kier molecular flexibility index (Phi) is 2.19. The monoisotopic (exact) mass is 131 g/mol. The first-order valence-electron chi connectivity index (χ1n) is 2.43. The third-order valence-corrected chi connectivity index (χ3v) is 0.647. The molecule has 0 aromatic carbocycles. The molecule has 0 saturated carbocycles. The lowest BCUT2D eigenvalue weighted by molar-refractivity contribution is -0.121. The number of rotatable bonds is 2. The molecule has 0 saturated heterocycles. The lowest BCUT2D eigenvalue weighted by Crippen LogP contribution is -2.32. The molecule has 4 heteroatoms. The maximum absolute atomic E-state index is 10.0. The summed E-state index contributed by atoms with van der Waals surface area (Å²) >= 11 is 0. The van der Waals surface area contributed by atoms with Crippen LogP contribution in [-0.4, -0.2) is 18.0 Å². The zero-order chi connectivity index (χ0) is 7.49. The summed E-state index contributed by atoms with van der Waals surface area (Å²) < 4.78 is 4.36. The molecule has 0 spiro atoms. The van der Waals surface area contributed by atoms with Crippen LogP contribution in [0.4, 0.5) is 4.79 Å². The topological polar surface area (TPSA) is 69.4 Å². The Balaban J connectivity index is 3.86. The molecule has 0 rings (SSSR count). The number of hydrogen-bond donors (Lipinski definition) is 1. The Morgan fingerprint density at radius 1 is 1.67 bits per heavy atom. The lowest BCUT2D eigenvalue weighted by atomic mass is 10.2. The highest BCUT2D eigenvalue weighted by atomic mass is 16.6. The second kappa shape index (κ2) is 2.48. The van der Waals surface area contributed by atoms with Gasteiger partial charge in [0.05, 0.1) is 0 Å². The summed E-state index contributed by atoms with van der Waals surface area (Å²) in [4.78, 5) is 20.0. The minimum absolute atomic E-state index is 0.512. The quantitative estimate of drug-likeness (QED) is 0.538. The minimum atomic E-state index is -1.09. The molecule has 0 bridgehead atoms. The maximum Gasteiger partial charge on any atom is 0.405 e. The Morgan fingerprint density at radius 2 is 2.11 bits per heavy atom. The molecule has 2 N–H and O–H groups in total. The number of nitrogens with two attached hydrogens (primary N) is 1. The Bertz CT molecular complexity index is 130. The first-order valence-corrected chi connectivity index (χ1v) is 2.43. The van der Waals surface area contributed by atoms with Crippen molar-refractivity contribution < 1.29 is 14.3 Å². The molecule has 9 heavy (non-hydrogen) atoms. The van der Waals surface area contributed by atoms with Gasteiger partial charge in [0.1, 0.15) is 0 Å². The summed E-state index contributed by atoms with van der Waals surface area (Å²) in [5.74, 6) is 0. The van der Waals surface area contributed by atoms with Crippen LogP contribution in [0.3, 0.4) is 0 Å². The molecule has 0 heterocycles. The van der Waals surface area contributed by atoms with Crippen LogP contribution in [0, 0.1) is 0 Å². The largest absolute Gasteiger partial charge is 0.436 e. The number of primary amides is 1. The molecule has 0 atom stereocenters. The van der Waals surface area contributed by atoms with E-state index in [1.54, 1.807) is 0 Å². The van der Waals surface area contributed by atoms with Crippen LogP contribution in [0.2, 0.25) is 0 Å². The molecule has 0 radical (unpaired) electrons. The lowest BCUT2D eigenvalue weighted by Gasteiger charge is -2.15. The van der Waals surface area contributed by atoms with Gasteiger partial charge in [0.15, 0.2) is 11.9 Å². The Morgan fingerprint density at radius 3 is 2.22 bits per heavy atom. The van der Waals surface area contributed by atoms with Gasteiger partial charge in [-0.25, -0.2) is 4.79 Å². The van der Waals surface area contributed by atoms with Crippen molar-refractivity contribution in [2.24, 2.45) is 5.73 Å². The normalized spacial score (nSPS) is 10.4. The zero-order valence-electron chi connectivity index (χ0n) is 5.38. The second-order valence-electron chi connectivity index (χ2n) is 2.14. The fraction of sp³-hybridized carbons (Fsp3) is 0.600. The molecule has 0 fully saturated rings. The Hall–Kier alpha value is -1.06. The van der Waals surface area contributed by atoms with Gasteiger partial charge in [-0.1, -0.05) is 0 Å². The summed E-state index contributed by atoms with van der Waals surface area (Å²) in [6.45, 7) is 2.90. The average Bonchev–Trinajstić information content (AvgIpc) is 1.63. The number of carbonyl (C=O) groups is 2. The highest BCUT2D eigenvalue weighted by Gasteiger charge is 2.19. The van der Waals surface area contributed by atoms with Crippen LogP contribution in [0.1, 0.15) is 13.8 Å². The van der Waals surface area contributed by atoms with Crippen molar-refractivity contribution in [1.29, 1.82) is 0 Å². The van der Waals surface area contributed by atoms with Crippen molar-refractivity contribution in [2.45, 2.75) is 19.4 Å². The highest BCUT2D eigenvalue weighted by molar-refractivity contribution is 5.71. The first kappa shape index (κ1) is 7.94. The molecule has 0 aromatic heterocycles. The zero-order valence-corrected chi connectivity index (χ0v) is 5.38. The van der Waals surface area contributed by atoms with E-state index in [9.17, 15) is 9.59 Å². The van der Waals surface area contributed by atoms with E-state index in [-0.39, 0.29) is 0 Å². The predicted molar refractivity (Wildman–Crippen MR) is 30.8 cm³/mol. The van der Waals surface area contributed by atoms with Crippen molar-refractivity contribution in [1.82, 2.24) is 0 Å². The van der Waals surface area contributed by atoms with Gasteiger partial charge in [-0.3, -0.25) is 4.79 Å². The van der Waals surface area contributed by atoms with Gasteiger partial charge < -0.3 is 10.5 Å². The smallest absolute Gasteiger partial charge is 0.405 e. The standard InChI is InChI=1S/C5H9NO3/c1-5(2,3-7)9-4(6)8/h3H,1-2H3,(H2,6,8). The fourth-order valence-electron chi connectivity index (χ4n) is 0.283. The van der Waals surface area contributed by atoms with Gasteiger partial charge in [-0.15, -0.1) is 0 Å². The number of amides is 1. The van der Waals surface area contributed by atoms with E-state index in [4.69, 9.17) is 0 Å². The van der Waals surface area contributed by atoms with Gasteiger partial charge in [0.2, 0.25) is 0 Å². The van der Waals surface area contributed by atoms with Crippen LogP contribution in [-0.2, 0) is 9.53 Å². The molecule has 0 unspecified atom stereocenters. The van der Waals surface area contributed by atoms with E-state index < -0.39 is 11.7 Å². The predicted octanol–water partition coefficient (Wildman–Crippen LogP) is 0.0592. The van der Waals surface area contributed by atoms with Gasteiger partial charge in [0.25, 0.3) is 0 Å². The van der Waals surface area contributed by atoms with E-state index in [0.29, 0.717) is 6.29 Å². The molecule has 0 aliphatic heterocycles. The second-order valence-corrected chi connectivity index (χ2v) is 2.14. The van der Waals surface area contributed by atoms with Gasteiger partial charge >= 0.3 is 6.09 Å². The summed E-state index contributed by atoms with van der Waals surface area (Å²) in [5, 5.41) is 0. The van der Waals surface area contributed by atoms with Gasteiger partial charge in [-0.05, 0) is 13.8 Å². The van der Waals surface area contributed by atoms with Crippen LogP contribution in [0.25, 0.3) is 0 Å². The van der Waals surface area contributed by atoms with E-state index in [0.717, 1.165) is 0 Å². The third kappa shape index (κ3) is 3.52. The van der Waals surface area contributed by atoms with E-state index in [1.165, 1.54) is 13.8 Å². The molecule has 0 aliphatic carbocycles. The number of carbonyl (C=O) groups excluding carboxylic acids is 2. The summed E-state index contributed by atoms with van der Waals surface area (Å²) in [6, 6.07) is 0. The summed E-state index contributed by atoms with van der Waals surface area (Å²) in [5.41, 5.74) is 3.54. The van der Waals surface area contributed by atoms with Crippen LogP contribution in [0.5, 0.6) is 0 Å². The Labute approximate surface area is 53.0 Å². The molecule has 0 aromatic rings. The number of aldehydes is 1. The summed E-state index contributed by atoms with van der Waals surface area (Å²) in [6.07, 6.45) is -0.426. The number of hydrogen-bond acceptors (Lipinski definition) is 3. The van der Waals surface area contributed by atoms with Gasteiger partial charge in [0, 0.05) is 0 Å². The van der Waals surface area contributed by atoms with E-state index >= 15 is 0 Å². The van der Waals surface area contributed by atoms with Crippen LogP contribution < -0.4 is 5.73 Å². The van der Waals surface area contributed by atoms with Crippen molar-refractivity contribution in [3.8, 4) is 0 Å². The minimum Gasteiger partial charge on any atom is -0.436 e. The van der Waals surface area contributed by atoms with Crippen molar-refractivity contribution in [3.63, 3.8) is 0 Å². The molecule has 0 aliphatic rings. The third-order valence-electron chi connectivity index (χ3n) is 0.647. The first-order chi connectivity index (χ1) is 3.98. The van der Waals surface area contributed by atoms with Crippen molar-refractivity contribution >= 4 is 12.4 Å². The number of ether oxygens (including phenoxy) is 1. The SMILES string of the molecule is CC(C)(C=O)OC(N)=O.